The number of benzene rings is 2. The number of hydrogen-bond acceptors (Lipinski definition) is 4. The van der Waals surface area contributed by atoms with Gasteiger partial charge in [-0.3, -0.25) is 4.79 Å². The van der Waals surface area contributed by atoms with E-state index in [1.165, 1.54) is 12.0 Å². The second-order valence-corrected chi connectivity index (χ2v) is 6.39. The van der Waals surface area contributed by atoms with Crippen molar-refractivity contribution in [1.29, 1.82) is 0 Å². The third-order valence-corrected chi connectivity index (χ3v) is 4.20. The summed E-state index contributed by atoms with van der Waals surface area (Å²) in [4.78, 5) is 12.0. The molecule has 5 nitrogen and oxygen atoms in total. The summed E-state index contributed by atoms with van der Waals surface area (Å²) in [5.41, 5.74) is 2.33. The molecule has 0 bridgehead atoms. The predicted molar refractivity (Wildman–Crippen MR) is 108 cm³/mol. The van der Waals surface area contributed by atoms with Gasteiger partial charge in [0.05, 0.1) is 7.11 Å². The zero-order chi connectivity index (χ0) is 19.3. The maximum Gasteiger partial charge on any atom is 0.257 e. The average molecular weight is 370 g/mol. The Morgan fingerprint density at radius 1 is 1.00 bits per heavy atom. The molecule has 1 amide bonds. The number of amides is 1. The number of carbonyl (C=O) groups excluding carboxylic acids is 1. The SMILES string of the molecule is CCCCNCc1ccc(OCC(=O)NCCc2ccccc2)c(OC)c1. The van der Waals surface area contributed by atoms with Gasteiger partial charge in [0.2, 0.25) is 0 Å². The average Bonchev–Trinajstić information content (AvgIpc) is 2.71. The highest BCUT2D eigenvalue weighted by Crippen LogP contribution is 2.28. The molecule has 0 saturated heterocycles. The third-order valence-electron chi connectivity index (χ3n) is 4.20. The minimum Gasteiger partial charge on any atom is -0.493 e. The van der Waals surface area contributed by atoms with Gasteiger partial charge in [0.1, 0.15) is 0 Å². The molecule has 0 fully saturated rings. The first-order chi connectivity index (χ1) is 13.2. The normalized spacial score (nSPS) is 10.4. The van der Waals surface area contributed by atoms with Crippen molar-refractivity contribution in [3.63, 3.8) is 0 Å². The van der Waals surface area contributed by atoms with Crippen LogP contribution >= 0.6 is 0 Å². The summed E-state index contributed by atoms with van der Waals surface area (Å²) in [5, 5.41) is 6.28. The number of unbranched alkanes of at least 4 members (excludes halogenated alkanes) is 1. The first-order valence-electron chi connectivity index (χ1n) is 9.54. The molecule has 2 aromatic rings. The summed E-state index contributed by atoms with van der Waals surface area (Å²) in [6.07, 6.45) is 3.14. The van der Waals surface area contributed by atoms with Gasteiger partial charge in [-0.2, -0.15) is 0 Å². The lowest BCUT2D eigenvalue weighted by Crippen LogP contribution is -2.30. The fourth-order valence-corrected chi connectivity index (χ4v) is 2.66. The minimum absolute atomic E-state index is 0.0285. The van der Waals surface area contributed by atoms with Gasteiger partial charge in [0, 0.05) is 13.1 Å². The first kappa shape index (κ1) is 20.8. The lowest BCUT2D eigenvalue weighted by Gasteiger charge is -2.13. The first-order valence-corrected chi connectivity index (χ1v) is 9.54. The van der Waals surface area contributed by atoms with E-state index in [9.17, 15) is 4.79 Å². The van der Waals surface area contributed by atoms with E-state index in [2.05, 4.69) is 17.6 Å². The molecule has 0 aromatic heterocycles. The molecule has 5 heteroatoms. The van der Waals surface area contributed by atoms with Crippen LogP contribution in [0, 0.1) is 0 Å². The van der Waals surface area contributed by atoms with E-state index in [1.807, 2.05) is 48.5 Å². The van der Waals surface area contributed by atoms with Crippen molar-refractivity contribution in [1.82, 2.24) is 10.6 Å². The largest absolute Gasteiger partial charge is 0.493 e. The Morgan fingerprint density at radius 3 is 2.56 bits per heavy atom. The van der Waals surface area contributed by atoms with Crippen LogP contribution in [0.5, 0.6) is 11.5 Å². The van der Waals surface area contributed by atoms with E-state index in [4.69, 9.17) is 9.47 Å². The van der Waals surface area contributed by atoms with Crippen molar-refractivity contribution in [3.8, 4) is 11.5 Å². The van der Waals surface area contributed by atoms with Crippen molar-refractivity contribution in [3.05, 3.63) is 59.7 Å². The highest BCUT2D eigenvalue weighted by atomic mass is 16.5. The van der Waals surface area contributed by atoms with Crippen LogP contribution in [0.2, 0.25) is 0 Å². The topological polar surface area (TPSA) is 59.6 Å². The number of ether oxygens (including phenoxy) is 2. The van der Waals surface area contributed by atoms with E-state index < -0.39 is 0 Å². The minimum atomic E-state index is -0.140. The van der Waals surface area contributed by atoms with Crippen LogP contribution in [0.15, 0.2) is 48.5 Å². The Balaban J connectivity index is 1.75. The number of hydrogen-bond donors (Lipinski definition) is 2. The van der Waals surface area contributed by atoms with Crippen LogP contribution in [-0.2, 0) is 17.8 Å². The number of rotatable bonds is 12. The van der Waals surface area contributed by atoms with Gasteiger partial charge in [-0.25, -0.2) is 0 Å². The van der Waals surface area contributed by atoms with Gasteiger partial charge in [0.25, 0.3) is 5.91 Å². The van der Waals surface area contributed by atoms with Crippen molar-refractivity contribution in [2.75, 3.05) is 26.8 Å². The highest BCUT2D eigenvalue weighted by molar-refractivity contribution is 5.77. The molecule has 2 aromatic carbocycles. The molecule has 0 spiro atoms. The summed E-state index contributed by atoms with van der Waals surface area (Å²) in [7, 11) is 1.61. The van der Waals surface area contributed by atoms with E-state index in [-0.39, 0.29) is 12.5 Å². The van der Waals surface area contributed by atoms with Crippen LogP contribution < -0.4 is 20.1 Å². The van der Waals surface area contributed by atoms with E-state index in [0.717, 1.165) is 31.5 Å². The Bertz CT molecular complexity index is 689. The number of methoxy groups -OCH3 is 1. The number of nitrogens with one attached hydrogen (secondary N) is 2. The summed E-state index contributed by atoms with van der Waals surface area (Å²) < 4.78 is 11.0. The molecule has 146 valence electrons. The number of carbonyl (C=O) groups is 1. The van der Waals surface area contributed by atoms with Gasteiger partial charge in [-0.1, -0.05) is 49.7 Å². The molecule has 0 atom stereocenters. The molecule has 2 N–H and O–H groups in total. The Labute approximate surface area is 162 Å². The predicted octanol–water partition coefficient (Wildman–Crippen LogP) is 3.32. The van der Waals surface area contributed by atoms with Gasteiger partial charge in [0.15, 0.2) is 18.1 Å². The Hall–Kier alpha value is -2.53. The Kier molecular flexibility index (Phi) is 9.21. The monoisotopic (exact) mass is 370 g/mol. The molecule has 27 heavy (non-hydrogen) atoms. The molecule has 0 unspecified atom stereocenters. The van der Waals surface area contributed by atoms with Crippen molar-refractivity contribution in [2.45, 2.75) is 32.7 Å². The smallest absolute Gasteiger partial charge is 0.257 e. The maximum absolute atomic E-state index is 12.0. The summed E-state index contributed by atoms with van der Waals surface area (Å²) >= 11 is 0. The second-order valence-electron chi connectivity index (χ2n) is 6.39. The maximum atomic E-state index is 12.0. The van der Waals surface area contributed by atoms with Gasteiger partial charge in [-0.15, -0.1) is 0 Å². The zero-order valence-electron chi connectivity index (χ0n) is 16.3. The van der Waals surface area contributed by atoms with Crippen LogP contribution in [-0.4, -0.2) is 32.7 Å². The van der Waals surface area contributed by atoms with Crippen molar-refractivity contribution < 1.29 is 14.3 Å². The van der Waals surface area contributed by atoms with Crippen molar-refractivity contribution >= 4 is 5.91 Å². The molecule has 0 aliphatic heterocycles. The fraction of sp³-hybridized carbons (Fsp3) is 0.409. The van der Waals surface area contributed by atoms with Crippen LogP contribution in [0.1, 0.15) is 30.9 Å². The van der Waals surface area contributed by atoms with Gasteiger partial charge < -0.3 is 20.1 Å². The summed E-state index contributed by atoms with van der Waals surface area (Å²) in [6, 6.07) is 15.9. The quantitative estimate of drug-likeness (QED) is 0.563. The molecule has 0 saturated carbocycles. The summed E-state index contributed by atoms with van der Waals surface area (Å²) in [5.74, 6) is 1.08. The van der Waals surface area contributed by atoms with Gasteiger partial charge in [-0.05, 0) is 42.6 Å². The molecular formula is C22H30N2O3. The van der Waals surface area contributed by atoms with Crippen LogP contribution in [0.25, 0.3) is 0 Å². The molecule has 2 rings (SSSR count). The van der Waals surface area contributed by atoms with Crippen molar-refractivity contribution in [2.24, 2.45) is 0 Å². The Morgan fingerprint density at radius 2 is 1.81 bits per heavy atom. The van der Waals surface area contributed by atoms with E-state index >= 15 is 0 Å². The van der Waals surface area contributed by atoms with Crippen LogP contribution in [0.3, 0.4) is 0 Å². The van der Waals surface area contributed by atoms with E-state index in [0.29, 0.717) is 18.0 Å². The molecule has 0 aliphatic rings. The molecule has 0 aliphatic carbocycles. The lowest BCUT2D eigenvalue weighted by molar-refractivity contribution is -0.123. The second kappa shape index (κ2) is 12.0. The standard InChI is InChI=1S/C22H30N2O3/c1-3-4-13-23-16-19-10-11-20(21(15-19)26-2)27-17-22(25)24-14-12-18-8-6-5-7-9-18/h5-11,15,23H,3-4,12-14,16-17H2,1-2H3,(H,24,25). The zero-order valence-corrected chi connectivity index (χ0v) is 16.3. The lowest BCUT2D eigenvalue weighted by atomic mass is 10.1. The molecule has 0 radical (unpaired) electrons. The molecular weight excluding hydrogens is 340 g/mol. The highest BCUT2D eigenvalue weighted by Gasteiger charge is 2.08. The summed E-state index contributed by atoms with van der Waals surface area (Å²) in [6.45, 7) is 4.52. The van der Waals surface area contributed by atoms with E-state index in [1.54, 1.807) is 7.11 Å². The fourth-order valence-electron chi connectivity index (χ4n) is 2.66. The van der Waals surface area contributed by atoms with Gasteiger partial charge >= 0.3 is 0 Å². The van der Waals surface area contributed by atoms with Crippen LogP contribution in [0.4, 0.5) is 0 Å². The molecule has 0 heterocycles. The third kappa shape index (κ3) is 7.71.